The van der Waals surface area contributed by atoms with Crippen molar-refractivity contribution in [3.63, 3.8) is 0 Å². The molecule has 0 atom stereocenters. The number of amides is 1. The molecule has 0 unspecified atom stereocenters. The number of aliphatic hydroxyl groups excluding tert-OH is 1. The van der Waals surface area contributed by atoms with Gasteiger partial charge in [-0.1, -0.05) is 124 Å². The summed E-state index contributed by atoms with van der Waals surface area (Å²) in [5, 5.41) is 23.3. The van der Waals surface area contributed by atoms with E-state index in [9.17, 15) is 24.0 Å². The van der Waals surface area contributed by atoms with Gasteiger partial charge in [-0.2, -0.15) is 0 Å². The number of hydrogen-bond acceptors (Lipinski definition) is 11. The Hall–Kier alpha value is -2.71. The average Bonchev–Trinajstić information content (AvgIpc) is 3.19. The van der Waals surface area contributed by atoms with Crippen molar-refractivity contribution in [1.29, 1.82) is 0 Å². The monoisotopic (exact) mass is 847 g/mol. The molecule has 0 saturated heterocycles. The van der Waals surface area contributed by atoms with Crippen LogP contribution in [0.2, 0.25) is 0 Å². The van der Waals surface area contributed by atoms with E-state index in [0.29, 0.717) is 58.1 Å². The number of carboxylic acids is 1. The van der Waals surface area contributed by atoms with Crippen molar-refractivity contribution >= 4 is 30.2 Å². The van der Waals surface area contributed by atoms with Gasteiger partial charge in [0.15, 0.2) is 0 Å². The van der Waals surface area contributed by atoms with Crippen LogP contribution in [0.3, 0.4) is 0 Å². The van der Waals surface area contributed by atoms with Gasteiger partial charge in [0, 0.05) is 45.4 Å². The molecule has 0 rings (SSSR count). The normalized spacial score (nSPS) is 10.3. The summed E-state index contributed by atoms with van der Waals surface area (Å²) in [6.07, 6.45) is 26.5. The molecule has 13 heteroatoms. The van der Waals surface area contributed by atoms with Crippen LogP contribution in [-0.2, 0) is 42.9 Å². The van der Waals surface area contributed by atoms with E-state index in [0.717, 1.165) is 83.1 Å². The molecule has 0 aromatic rings. The van der Waals surface area contributed by atoms with Crippen molar-refractivity contribution in [2.24, 2.45) is 5.92 Å². The predicted molar refractivity (Wildman–Crippen MR) is 239 cm³/mol. The third-order valence-corrected chi connectivity index (χ3v) is 8.51. The van der Waals surface area contributed by atoms with E-state index in [1.54, 1.807) is 0 Å². The van der Waals surface area contributed by atoms with Gasteiger partial charge in [0.1, 0.15) is 31.6 Å². The number of rotatable bonds is 41. The molecule has 0 radical (unpaired) electrons. The first-order chi connectivity index (χ1) is 28.5. The van der Waals surface area contributed by atoms with Crippen LogP contribution in [0.25, 0.3) is 0 Å². The fourth-order valence-corrected chi connectivity index (χ4v) is 5.18. The highest BCUT2D eigenvalue weighted by Crippen LogP contribution is 2.14. The van der Waals surface area contributed by atoms with Crippen LogP contribution in [0.5, 0.6) is 0 Å². The average molecular weight is 847 g/mol. The van der Waals surface area contributed by atoms with Gasteiger partial charge in [-0.15, -0.1) is 0 Å². The number of carbonyl (C=O) groups is 5. The van der Waals surface area contributed by atoms with Crippen molar-refractivity contribution in [3.8, 4) is 0 Å². The number of aliphatic carboxylic acids is 1. The lowest BCUT2D eigenvalue weighted by Crippen LogP contribution is -2.29. The number of aliphatic hydroxyl groups is 1. The Morgan fingerprint density at radius 1 is 0.610 bits per heavy atom. The number of aldehydes is 2. The molecule has 350 valence electrons. The number of likely N-dealkylation sites (N-methyl/N-ethyl adjacent to an activating group) is 1. The van der Waals surface area contributed by atoms with Crippen LogP contribution in [-0.4, -0.2) is 113 Å². The molecule has 13 nitrogen and oxygen atoms in total. The Kier molecular flexibility index (Phi) is 61.2. The molecule has 0 aromatic carbocycles. The van der Waals surface area contributed by atoms with Gasteiger partial charge in [-0.25, -0.2) is 0 Å². The van der Waals surface area contributed by atoms with Gasteiger partial charge in [0.25, 0.3) is 0 Å². The van der Waals surface area contributed by atoms with E-state index in [1.165, 1.54) is 90.4 Å². The lowest BCUT2D eigenvalue weighted by molar-refractivity contribution is -0.137. The predicted octanol–water partition coefficient (Wildman–Crippen LogP) is 9.14. The summed E-state index contributed by atoms with van der Waals surface area (Å²) in [5.74, 6) is 0.431. The largest absolute Gasteiger partial charge is 0.513 e. The number of carboxylic acid groups (broad SMARTS) is 1. The van der Waals surface area contributed by atoms with E-state index in [2.05, 4.69) is 31.1 Å². The SMILES string of the molecule is C=C(O)CCCCCCCCCCCCCCCCCC(=O)O.CC(=O)CCC=O.CCCOCCOCC=O.CNCCOCCOCC(=O)NCCCCC(C)C. The summed E-state index contributed by atoms with van der Waals surface area (Å²) >= 11 is 0. The number of ketones is 1. The number of ether oxygens (including phenoxy) is 4. The Morgan fingerprint density at radius 3 is 1.53 bits per heavy atom. The third-order valence-electron chi connectivity index (χ3n) is 8.51. The third kappa shape index (κ3) is 76.5. The smallest absolute Gasteiger partial charge is 0.303 e. The molecule has 0 heterocycles. The fourth-order valence-electron chi connectivity index (χ4n) is 5.18. The minimum absolute atomic E-state index is 0.0419. The zero-order chi connectivity index (χ0) is 44.9. The number of allylic oxidation sites excluding steroid dienone is 1. The number of hydrogen-bond donors (Lipinski definition) is 4. The van der Waals surface area contributed by atoms with Gasteiger partial charge >= 0.3 is 5.97 Å². The molecule has 0 fully saturated rings. The Bertz CT molecular complexity index is 891. The molecule has 59 heavy (non-hydrogen) atoms. The highest BCUT2D eigenvalue weighted by molar-refractivity contribution is 5.77. The first-order valence-electron chi connectivity index (χ1n) is 22.7. The first-order valence-corrected chi connectivity index (χ1v) is 22.7. The Labute approximate surface area is 359 Å². The quantitative estimate of drug-likeness (QED) is 0.0260. The Morgan fingerprint density at radius 2 is 1.10 bits per heavy atom. The number of nitrogens with one attached hydrogen (secondary N) is 2. The van der Waals surface area contributed by atoms with Gasteiger partial charge in [-0.3, -0.25) is 9.59 Å². The van der Waals surface area contributed by atoms with E-state index in [4.69, 9.17) is 29.2 Å². The Balaban J connectivity index is -0.000000374. The van der Waals surface area contributed by atoms with Crippen LogP contribution >= 0.6 is 0 Å². The summed E-state index contributed by atoms with van der Waals surface area (Å²) in [5.41, 5.74) is 0. The van der Waals surface area contributed by atoms with E-state index in [-0.39, 0.29) is 24.9 Å². The van der Waals surface area contributed by atoms with Crippen LogP contribution in [0, 0.1) is 5.92 Å². The summed E-state index contributed by atoms with van der Waals surface area (Å²) in [6, 6.07) is 0. The lowest BCUT2D eigenvalue weighted by atomic mass is 10.0. The van der Waals surface area contributed by atoms with Gasteiger partial charge in [-0.05, 0) is 45.6 Å². The van der Waals surface area contributed by atoms with Crippen LogP contribution in [0.4, 0.5) is 0 Å². The van der Waals surface area contributed by atoms with Gasteiger partial charge in [0.2, 0.25) is 5.91 Å². The fraction of sp³-hybridized carbons (Fsp3) is 0.848. The highest BCUT2D eigenvalue weighted by Gasteiger charge is 2.01. The summed E-state index contributed by atoms with van der Waals surface area (Å²) < 4.78 is 20.4. The maximum atomic E-state index is 11.4. The van der Waals surface area contributed by atoms with Gasteiger partial charge < -0.3 is 54.2 Å². The van der Waals surface area contributed by atoms with Crippen molar-refractivity contribution in [2.75, 3.05) is 73.0 Å². The molecule has 0 saturated carbocycles. The summed E-state index contributed by atoms with van der Waals surface area (Å²) in [6.45, 7) is 16.9. The van der Waals surface area contributed by atoms with E-state index < -0.39 is 5.97 Å². The zero-order valence-corrected chi connectivity index (χ0v) is 38.3. The second-order valence-corrected chi connectivity index (χ2v) is 15.0. The number of unbranched alkanes of at least 4 members (excludes halogenated alkanes) is 15. The zero-order valence-electron chi connectivity index (χ0n) is 38.3. The molecule has 1 amide bonds. The maximum Gasteiger partial charge on any atom is 0.303 e. The topological polar surface area (TPSA) is 187 Å². The first kappa shape index (κ1) is 62.9. The molecular formula is C46H90N2O11. The minimum Gasteiger partial charge on any atom is -0.513 e. The van der Waals surface area contributed by atoms with E-state index in [1.807, 2.05) is 14.0 Å². The standard InChI is InChI=1S/C20H38O3.C14H30N2O3.C7H14O3.C5H8O2/c1-19(21)17-15-13-11-9-7-5-3-2-4-6-8-10-12-14-16-18-20(22)23;1-13(2)6-4-5-7-16-14(17)12-19-11-10-18-9-8-15-3;1-2-4-9-6-7-10-5-3-8;1-5(7)3-2-4-6/h21H,1-18H2,(H,22,23);13,15H,4-12H2,1-3H3,(H,16,17);3H,2,4-7H2,1H3;4H,2-3H2,1H3. The molecule has 0 aliphatic rings. The second kappa shape index (κ2) is 57.4. The van der Waals surface area contributed by atoms with Crippen molar-refractivity contribution < 1.29 is 53.1 Å². The molecule has 4 N–H and O–H groups in total. The lowest BCUT2D eigenvalue weighted by Gasteiger charge is -2.07. The van der Waals surface area contributed by atoms with Crippen molar-refractivity contribution in [2.45, 2.75) is 175 Å². The molecule has 0 spiro atoms. The van der Waals surface area contributed by atoms with E-state index >= 15 is 0 Å². The second-order valence-electron chi connectivity index (χ2n) is 15.0. The molecule has 0 aliphatic carbocycles. The summed E-state index contributed by atoms with van der Waals surface area (Å²) in [4.78, 5) is 51.1. The highest BCUT2D eigenvalue weighted by atomic mass is 16.5. The van der Waals surface area contributed by atoms with Gasteiger partial charge in [0.05, 0.1) is 38.8 Å². The minimum atomic E-state index is -0.666. The van der Waals surface area contributed by atoms with Crippen LogP contribution in [0.15, 0.2) is 12.3 Å². The number of Topliss-reactive ketones (excluding diaryl/α,β-unsaturated/α-hetero) is 1. The molecule has 0 aromatic heterocycles. The van der Waals surface area contributed by atoms with Crippen molar-refractivity contribution in [1.82, 2.24) is 10.6 Å². The van der Waals surface area contributed by atoms with Crippen molar-refractivity contribution in [3.05, 3.63) is 12.3 Å². The molecular weight excluding hydrogens is 757 g/mol. The maximum absolute atomic E-state index is 11.4. The van der Waals surface area contributed by atoms with Crippen LogP contribution in [0.1, 0.15) is 175 Å². The molecule has 0 bridgehead atoms. The number of carbonyl (C=O) groups excluding carboxylic acids is 4. The van der Waals surface area contributed by atoms with Crippen LogP contribution < -0.4 is 10.6 Å². The summed E-state index contributed by atoms with van der Waals surface area (Å²) in [7, 11) is 1.88. The molecule has 0 aliphatic heterocycles.